The van der Waals surface area contributed by atoms with Gasteiger partial charge in [0.1, 0.15) is 0 Å². The maximum atomic E-state index is 12.4. The second kappa shape index (κ2) is 7.59. The fourth-order valence-electron chi connectivity index (χ4n) is 2.40. The zero-order valence-electron chi connectivity index (χ0n) is 13.8. The molecular weight excluding hydrogens is 324 g/mol. The summed E-state index contributed by atoms with van der Waals surface area (Å²) in [6, 6.07) is 13.2. The van der Waals surface area contributed by atoms with Crippen LogP contribution < -0.4 is 11.1 Å². The molecule has 1 amide bonds. The number of para-hydroxylation sites is 1. The minimum absolute atomic E-state index is 0.0635. The molecule has 24 heavy (non-hydrogen) atoms. The van der Waals surface area contributed by atoms with Crippen molar-refractivity contribution < 1.29 is 13.2 Å². The van der Waals surface area contributed by atoms with Crippen LogP contribution in [0.4, 0.5) is 5.69 Å². The van der Waals surface area contributed by atoms with E-state index in [1.165, 1.54) is 0 Å². The number of carbonyl (C=O) groups is 1. The van der Waals surface area contributed by atoms with Crippen molar-refractivity contribution in [1.82, 2.24) is 0 Å². The number of nitrogens with two attached hydrogens (primary N) is 1. The van der Waals surface area contributed by atoms with Gasteiger partial charge >= 0.3 is 0 Å². The van der Waals surface area contributed by atoms with E-state index in [-0.39, 0.29) is 17.1 Å². The highest BCUT2D eigenvalue weighted by molar-refractivity contribution is 7.91. The number of sulfone groups is 1. The average Bonchev–Trinajstić information content (AvgIpc) is 2.52. The van der Waals surface area contributed by atoms with Crippen molar-refractivity contribution >= 4 is 21.4 Å². The number of carbonyl (C=O) groups excluding carboxylic acids is 1. The van der Waals surface area contributed by atoms with Crippen molar-refractivity contribution in [3.8, 4) is 0 Å². The molecule has 0 fully saturated rings. The zero-order chi connectivity index (χ0) is 17.7. The first kappa shape index (κ1) is 18.2. The Morgan fingerprint density at radius 2 is 1.67 bits per heavy atom. The predicted molar refractivity (Wildman–Crippen MR) is 95.6 cm³/mol. The van der Waals surface area contributed by atoms with Crippen molar-refractivity contribution in [3.63, 3.8) is 0 Å². The average molecular weight is 346 g/mol. The SMILES string of the molecule is Cc1cc(C)cc(S(=O)(=O)CCC(N)C(=O)Nc2ccccc2)c1. The van der Waals surface area contributed by atoms with Gasteiger partial charge in [-0.3, -0.25) is 4.79 Å². The second-order valence-electron chi connectivity index (χ2n) is 5.89. The van der Waals surface area contributed by atoms with Crippen molar-refractivity contribution in [2.24, 2.45) is 5.73 Å². The summed E-state index contributed by atoms with van der Waals surface area (Å²) in [5.41, 5.74) is 8.25. The van der Waals surface area contributed by atoms with Crippen LogP contribution in [0.5, 0.6) is 0 Å². The van der Waals surface area contributed by atoms with Gasteiger partial charge in [0, 0.05) is 5.69 Å². The maximum Gasteiger partial charge on any atom is 0.241 e. The molecule has 2 aromatic rings. The number of amides is 1. The predicted octanol–water partition coefficient (Wildman–Crippen LogP) is 2.43. The van der Waals surface area contributed by atoms with E-state index in [2.05, 4.69) is 5.32 Å². The Morgan fingerprint density at radius 3 is 2.25 bits per heavy atom. The van der Waals surface area contributed by atoms with Gasteiger partial charge in [-0.25, -0.2) is 8.42 Å². The molecule has 5 nitrogen and oxygen atoms in total. The van der Waals surface area contributed by atoms with E-state index >= 15 is 0 Å². The molecule has 0 aliphatic carbocycles. The van der Waals surface area contributed by atoms with E-state index in [0.29, 0.717) is 5.69 Å². The third kappa shape index (κ3) is 4.91. The van der Waals surface area contributed by atoms with Crippen molar-refractivity contribution in [2.75, 3.05) is 11.1 Å². The van der Waals surface area contributed by atoms with Crippen LogP contribution in [0.1, 0.15) is 17.5 Å². The van der Waals surface area contributed by atoms with Gasteiger partial charge in [-0.05, 0) is 55.7 Å². The first-order valence-electron chi connectivity index (χ1n) is 7.70. The van der Waals surface area contributed by atoms with E-state index in [9.17, 15) is 13.2 Å². The highest BCUT2D eigenvalue weighted by Crippen LogP contribution is 2.17. The van der Waals surface area contributed by atoms with Crippen molar-refractivity contribution in [2.45, 2.75) is 31.2 Å². The Bertz CT molecular complexity index is 797. The van der Waals surface area contributed by atoms with Crippen LogP contribution in [0.25, 0.3) is 0 Å². The fraction of sp³-hybridized carbons (Fsp3) is 0.278. The summed E-state index contributed by atoms with van der Waals surface area (Å²) in [4.78, 5) is 12.3. The Hall–Kier alpha value is -2.18. The lowest BCUT2D eigenvalue weighted by Crippen LogP contribution is -2.37. The first-order valence-corrected chi connectivity index (χ1v) is 9.36. The maximum absolute atomic E-state index is 12.4. The summed E-state index contributed by atoms with van der Waals surface area (Å²) in [6.45, 7) is 3.70. The van der Waals surface area contributed by atoms with Gasteiger partial charge in [-0.15, -0.1) is 0 Å². The summed E-state index contributed by atoms with van der Waals surface area (Å²) in [6.07, 6.45) is 0.0635. The number of aryl methyl sites for hydroxylation is 2. The van der Waals surface area contributed by atoms with Gasteiger partial charge in [0.25, 0.3) is 0 Å². The summed E-state index contributed by atoms with van der Waals surface area (Å²) in [7, 11) is -3.47. The third-order valence-corrected chi connectivity index (χ3v) is 5.36. The molecule has 2 rings (SSSR count). The number of hydrogen-bond donors (Lipinski definition) is 2. The standard InChI is InChI=1S/C18H22N2O3S/c1-13-10-14(2)12-16(11-13)24(22,23)9-8-17(19)18(21)20-15-6-4-3-5-7-15/h3-7,10-12,17H,8-9,19H2,1-2H3,(H,20,21). The normalized spacial score (nSPS) is 12.6. The monoisotopic (exact) mass is 346 g/mol. The van der Waals surface area contributed by atoms with E-state index in [0.717, 1.165) is 11.1 Å². The van der Waals surface area contributed by atoms with Crippen LogP contribution in [0, 0.1) is 13.8 Å². The molecule has 6 heteroatoms. The molecule has 0 aliphatic heterocycles. The van der Waals surface area contributed by atoms with E-state index in [1.54, 1.807) is 36.4 Å². The quantitative estimate of drug-likeness (QED) is 0.841. The molecule has 0 saturated heterocycles. The highest BCUT2D eigenvalue weighted by Gasteiger charge is 2.20. The molecule has 0 spiro atoms. The minimum atomic E-state index is -3.47. The van der Waals surface area contributed by atoms with Crippen molar-refractivity contribution in [1.29, 1.82) is 0 Å². The number of benzene rings is 2. The van der Waals surface area contributed by atoms with Crippen LogP contribution in [0.15, 0.2) is 53.4 Å². The topological polar surface area (TPSA) is 89.3 Å². The molecule has 0 bridgehead atoms. The van der Waals surface area contributed by atoms with E-state index in [4.69, 9.17) is 5.73 Å². The number of anilines is 1. The van der Waals surface area contributed by atoms with Gasteiger partial charge in [-0.2, -0.15) is 0 Å². The molecule has 1 atom stereocenters. The van der Waals surface area contributed by atoms with Crippen LogP contribution in [-0.2, 0) is 14.6 Å². The van der Waals surface area contributed by atoms with E-state index < -0.39 is 21.8 Å². The van der Waals surface area contributed by atoms with Gasteiger partial charge < -0.3 is 11.1 Å². The Morgan fingerprint density at radius 1 is 1.08 bits per heavy atom. The van der Waals surface area contributed by atoms with Crippen LogP contribution in [-0.4, -0.2) is 26.1 Å². The largest absolute Gasteiger partial charge is 0.325 e. The Balaban J connectivity index is 1.99. The van der Waals surface area contributed by atoms with Gasteiger partial charge in [0.2, 0.25) is 5.91 Å². The molecule has 0 aromatic heterocycles. The molecule has 0 heterocycles. The van der Waals surface area contributed by atoms with Crippen molar-refractivity contribution in [3.05, 3.63) is 59.7 Å². The Labute approximate surface area is 142 Å². The summed E-state index contributed by atoms with van der Waals surface area (Å²) in [5.74, 6) is -0.559. The molecular formula is C18H22N2O3S. The third-order valence-electron chi connectivity index (χ3n) is 3.63. The first-order chi connectivity index (χ1) is 11.3. The van der Waals surface area contributed by atoms with Gasteiger partial charge in [-0.1, -0.05) is 24.3 Å². The molecule has 0 aliphatic rings. The fourth-order valence-corrected chi connectivity index (χ4v) is 3.93. The zero-order valence-corrected chi connectivity index (χ0v) is 14.6. The smallest absolute Gasteiger partial charge is 0.241 e. The van der Waals surface area contributed by atoms with Crippen LogP contribution >= 0.6 is 0 Å². The number of nitrogens with one attached hydrogen (secondary N) is 1. The Kier molecular flexibility index (Phi) is 5.75. The minimum Gasteiger partial charge on any atom is -0.325 e. The van der Waals surface area contributed by atoms with Crippen LogP contribution in [0.3, 0.4) is 0 Å². The van der Waals surface area contributed by atoms with Gasteiger partial charge in [0.15, 0.2) is 9.84 Å². The number of hydrogen-bond acceptors (Lipinski definition) is 4. The lowest BCUT2D eigenvalue weighted by molar-refractivity contribution is -0.117. The summed E-state index contributed by atoms with van der Waals surface area (Å²) in [5, 5.41) is 2.68. The molecule has 128 valence electrons. The molecule has 2 aromatic carbocycles. The number of rotatable bonds is 6. The summed E-state index contributed by atoms with van der Waals surface area (Å²) >= 11 is 0. The lowest BCUT2D eigenvalue weighted by Gasteiger charge is -2.13. The van der Waals surface area contributed by atoms with Crippen LogP contribution in [0.2, 0.25) is 0 Å². The second-order valence-corrected chi connectivity index (χ2v) is 8.00. The summed E-state index contributed by atoms with van der Waals surface area (Å²) < 4.78 is 24.9. The van der Waals surface area contributed by atoms with Gasteiger partial charge in [0.05, 0.1) is 16.7 Å². The van der Waals surface area contributed by atoms with E-state index in [1.807, 2.05) is 26.0 Å². The highest BCUT2D eigenvalue weighted by atomic mass is 32.2. The molecule has 0 radical (unpaired) electrons. The molecule has 1 unspecified atom stereocenters. The molecule has 0 saturated carbocycles. The lowest BCUT2D eigenvalue weighted by atomic mass is 10.2. The molecule has 3 N–H and O–H groups in total.